The molecule has 156 valence electrons. The van der Waals surface area contributed by atoms with Crippen LogP contribution in [0.3, 0.4) is 0 Å². The van der Waals surface area contributed by atoms with Gasteiger partial charge in [0.1, 0.15) is 5.82 Å². The summed E-state index contributed by atoms with van der Waals surface area (Å²) in [5.74, 6) is -6.16. The van der Waals surface area contributed by atoms with Crippen LogP contribution in [0.2, 0.25) is 0 Å². The summed E-state index contributed by atoms with van der Waals surface area (Å²) in [5, 5.41) is 7.43. The third kappa shape index (κ3) is 6.28. The van der Waals surface area contributed by atoms with Gasteiger partial charge < -0.3 is 16.0 Å². The number of hydrogen-bond acceptors (Lipinski definition) is 3. The first-order valence-corrected chi connectivity index (χ1v) is 8.88. The zero-order valence-corrected chi connectivity index (χ0v) is 15.9. The number of rotatable bonds is 8. The number of hydrogen-bond donors (Lipinski definition) is 3. The van der Waals surface area contributed by atoms with Crippen molar-refractivity contribution in [2.45, 2.75) is 19.9 Å². The topological polar surface area (TPSA) is 70.2 Å². The van der Waals surface area contributed by atoms with Crippen molar-refractivity contribution in [2.24, 2.45) is 5.92 Å². The first kappa shape index (κ1) is 22.4. The molecule has 29 heavy (non-hydrogen) atoms. The predicted octanol–water partition coefficient (Wildman–Crippen LogP) is 3.28. The molecule has 0 aliphatic heterocycles. The number of amides is 2. The van der Waals surface area contributed by atoms with Gasteiger partial charge in [-0.05, 0) is 35.7 Å². The van der Waals surface area contributed by atoms with Crippen molar-refractivity contribution in [1.29, 1.82) is 0 Å². The Morgan fingerprint density at radius 2 is 1.52 bits per heavy atom. The highest BCUT2D eigenvalue weighted by atomic mass is 19.2. The molecule has 0 fully saturated rings. The smallest absolute Gasteiger partial charge is 0.243 e. The maximum atomic E-state index is 13.5. The van der Waals surface area contributed by atoms with Gasteiger partial charge in [-0.25, -0.2) is 17.6 Å². The molecule has 2 rings (SSSR count). The van der Waals surface area contributed by atoms with Crippen LogP contribution in [-0.4, -0.2) is 24.9 Å². The van der Waals surface area contributed by atoms with Gasteiger partial charge in [0.25, 0.3) is 0 Å². The molecule has 2 aromatic rings. The molecule has 0 heterocycles. The number of anilines is 1. The van der Waals surface area contributed by atoms with E-state index in [9.17, 15) is 27.2 Å². The van der Waals surface area contributed by atoms with E-state index in [1.807, 2.05) is 13.8 Å². The maximum absolute atomic E-state index is 13.5. The number of carbonyl (C=O) groups excluding carboxylic acids is 2. The van der Waals surface area contributed by atoms with Crippen LogP contribution in [0.15, 0.2) is 36.4 Å². The van der Waals surface area contributed by atoms with Crippen molar-refractivity contribution in [1.82, 2.24) is 10.6 Å². The average molecular weight is 411 g/mol. The van der Waals surface area contributed by atoms with E-state index in [2.05, 4.69) is 16.0 Å². The molecule has 9 heteroatoms. The van der Waals surface area contributed by atoms with Gasteiger partial charge in [-0.3, -0.25) is 9.59 Å². The quantitative estimate of drug-likeness (QED) is 0.461. The van der Waals surface area contributed by atoms with Crippen LogP contribution >= 0.6 is 0 Å². The molecule has 0 spiro atoms. The minimum Gasteiger partial charge on any atom is -0.346 e. The van der Waals surface area contributed by atoms with Gasteiger partial charge in [-0.15, -0.1) is 0 Å². The summed E-state index contributed by atoms with van der Waals surface area (Å²) in [7, 11) is 0. The highest BCUT2D eigenvalue weighted by Gasteiger charge is 2.18. The summed E-state index contributed by atoms with van der Waals surface area (Å²) in [5.41, 5.74) is 0.276. The predicted molar refractivity (Wildman–Crippen MR) is 99.9 cm³/mol. The number of halogens is 4. The van der Waals surface area contributed by atoms with E-state index in [0.29, 0.717) is 6.07 Å². The molecule has 0 saturated carbocycles. The van der Waals surface area contributed by atoms with Crippen molar-refractivity contribution in [2.75, 3.05) is 18.4 Å². The summed E-state index contributed by atoms with van der Waals surface area (Å²) in [6.45, 7) is 3.26. The second kappa shape index (κ2) is 10.0. The van der Waals surface area contributed by atoms with E-state index in [1.54, 1.807) is 12.1 Å². The standard InChI is InChI=1S/C20H21F4N3O2/c1-11(2)20(12-3-5-13(21)6-4-12)26-9-16(28)25-10-17(29)27-15-8-7-14(22)18(23)19(15)24/h3-8,11,20,26H,9-10H2,1-2H3,(H,25,28)(H,27,29)/t20-/m0/s1. The lowest BCUT2D eigenvalue weighted by atomic mass is 9.96. The fourth-order valence-corrected chi connectivity index (χ4v) is 2.67. The molecule has 0 bridgehead atoms. The second-order valence-corrected chi connectivity index (χ2v) is 6.70. The van der Waals surface area contributed by atoms with Gasteiger partial charge in [0.15, 0.2) is 17.5 Å². The lowest BCUT2D eigenvalue weighted by molar-refractivity contribution is -0.123. The molecule has 2 amide bonds. The van der Waals surface area contributed by atoms with Crippen molar-refractivity contribution >= 4 is 17.5 Å². The molecule has 0 saturated heterocycles. The van der Waals surface area contributed by atoms with Crippen LogP contribution in [0.4, 0.5) is 23.2 Å². The normalized spacial score (nSPS) is 12.0. The average Bonchev–Trinajstić information content (AvgIpc) is 2.68. The zero-order chi connectivity index (χ0) is 21.6. The monoisotopic (exact) mass is 411 g/mol. The van der Waals surface area contributed by atoms with E-state index >= 15 is 0 Å². The Bertz CT molecular complexity index is 873. The fourth-order valence-electron chi connectivity index (χ4n) is 2.67. The van der Waals surface area contributed by atoms with Crippen LogP contribution in [0, 0.1) is 29.2 Å². The van der Waals surface area contributed by atoms with Crippen molar-refractivity contribution in [3.63, 3.8) is 0 Å². The van der Waals surface area contributed by atoms with Gasteiger partial charge >= 0.3 is 0 Å². The summed E-state index contributed by atoms with van der Waals surface area (Å²) in [6.07, 6.45) is 0. The molecular formula is C20H21F4N3O2. The Kier molecular flexibility index (Phi) is 7.72. The Balaban J connectivity index is 1.85. The van der Waals surface area contributed by atoms with E-state index in [4.69, 9.17) is 0 Å². The van der Waals surface area contributed by atoms with Gasteiger partial charge in [-0.1, -0.05) is 26.0 Å². The Hall–Kier alpha value is -2.94. The lowest BCUT2D eigenvalue weighted by Gasteiger charge is -2.22. The van der Waals surface area contributed by atoms with Crippen molar-refractivity contribution < 1.29 is 27.2 Å². The Morgan fingerprint density at radius 1 is 0.862 bits per heavy atom. The Labute approximate surface area is 165 Å². The molecule has 3 N–H and O–H groups in total. The van der Waals surface area contributed by atoms with Crippen LogP contribution < -0.4 is 16.0 Å². The van der Waals surface area contributed by atoms with Gasteiger partial charge in [0.05, 0.1) is 18.8 Å². The third-order valence-electron chi connectivity index (χ3n) is 4.13. The SMILES string of the molecule is CC(C)[C@H](NCC(=O)NCC(=O)Nc1ccc(F)c(F)c1F)c1ccc(F)cc1. The summed E-state index contributed by atoms with van der Waals surface area (Å²) in [4.78, 5) is 23.8. The van der Waals surface area contributed by atoms with Gasteiger partial charge in [0.2, 0.25) is 11.8 Å². The molecule has 5 nitrogen and oxygen atoms in total. The zero-order valence-electron chi connectivity index (χ0n) is 15.9. The molecular weight excluding hydrogens is 390 g/mol. The van der Waals surface area contributed by atoms with Crippen LogP contribution in [0.5, 0.6) is 0 Å². The molecule has 0 unspecified atom stereocenters. The van der Waals surface area contributed by atoms with E-state index < -0.39 is 41.5 Å². The fraction of sp³-hybridized carbons (Fsp3) is 0.300. The summed E-state index contributed by atoms with van der Waals surface area (Å²) < 4.78 is 52.7. The highest BCUT2D eigenvalue weighted by molar-refractivity contribution is 5.94. The maximum Gasteiger partial charge on any atom is 0.243 e. The van der Waals surface area contributed by atoms with Gasteiger partial charge in [-0.2, -0.15) is 0 Å². The first-order chi connectivity index (χ1) is 13.7. The molecule has 2 aromatic carbocycles. The van der Waals surface area contributed by atoms with Crippen molar-refractivity contribution in [3.8, 4) is 0 Å². The molecule has 1 atom stereocenters. The minimum atomic E-state index is -1.70. The Morgan fingerprint density at radius 3 is 2.14 bits per heavy atom. The van der Waals surface area contributed by atoms with E-state index in [1.165, 1.54) is 12.1 Å². The summed E-state index contributed by atoms with van der Waals surface area (Å²) in [6, 6.07) is 7.24. The highest BCUT2D eigenvalue weighted by Crippen LogP contribution is 2.22. The number of nitrogens with one attached hydrogen (secondary N) is 3. The van der Waals surface area contributed by atoms with Crippen LogP contribution in [0.1, 0.15) is 25.5 Å². The number of benzene rings is 2. The molecule has 0 aromatic heterocycles. The lowest BCUT2D eigenvalue weighted by Crippen LogP contribution is -2.40. The van der Waals surface area contributed by atoms with Crippen LogP contribution in [-0.2, 0) is 9.59 Å². The third-order valence-corrected chi connectivity index (χ3v) is 4.13. The second-order valence-electron chi connectivity index (χ2n) is 6.70. The largest absolute Gasteiger partial charge is 0.346 e. The molecule has 0 aliphatic carbocycles. The molecule has 0 radical (unpaired) electrons. The van der Waals surface area contributed by atoms with E-state index in [0.717, 1.165) is 11.6 Å². The van der Waals surface area contributed by atoms with Gasteiger partial charge in [0, 0.05) is 6.04 Å². The first-order valence-electron chi connectivity index (χ1n) is 8.88. The number of carbonyl (C=O) groups is 2. The molecule has 0 aliphatic rings. The van der Waals surface area contributed by atoms with E-state index in [-0.39, 0.29) is 24.3 Å². The minimum absolute atomic E-state index is 0.105. The van der Waals surface area contributed by atoms with Crippen LogP contribution in [0.25, 0.3) is 0 Å². The summed E-state index contributed by atoms with van der Waals surface area (Å²) >= 11 is 0. The van der Waals surface area contributed by atoms with Crippen molar-refractivity contribution in [3.05, 3.63) is 65.2 Å².